The molecule has 5 nitrogen and oxygen atoms in total. The highest BCUT2D eigenvalue weighted by Gasteiger charge is 2.36. The Hall–Kier alpha value is -2.49. The number of nitro groups is 1. The first kappa shape index (κ1) is 24.8. The molecule has 10 heteroatoms. The van der Waals surface area contributed by atoms with Gasteiger partial charge in [-0.1, -0.05) is 18.2 Å². The van der Waals surface area contributed by atoms with Crippen molar-refractivity contribution in [3.63, 3.8) is 0 Å². The third-order valence-electron chi connectivity index (χ3n) is 5.13. The SMILES string of the molecule is Cl.O=[N+]([O-])c1ccc(C2=CCN(CCC(O)c3ccc(F)cc3)CC2)c(C(F)(F)F)c1. The fraction of sp³-hybridized carbons (Fsp3) is 0.333. The van der Waals surface area contributed by atoms with Gasteiger partial charge in [-0.3, -0.25) is 15.0 Å². The number of benzene rings is 2. The molecule has 31 heavy (non-hydrogen) atoms. The molecule has 0 bridgehead atoms. The van der Waals surface area contributed by atoms with Crippen molar-refractivity contribution < 1.29 is 27.6 Å². The molecule has 0 fully saturated rings. The number of hydrogen-bond acceptors (Lipinski definition) is 4. The second-order valence-electron chi connectivity index (χ2n) is 7.12. The van der Waals surface area contributed by atoms with E-state index < -0.39 is 28.5 Å². The first-order valence-electron chi connectivity index (χ1n) is 9.36. The van der Waals surface area contributed by atoms with E-state index in [1.807, 2.05) is 4.90 Å². The highest BCUT2D eigenvalue weighted by molar-refractivity contribution is 5.85. The Balaban J connectivity index is 0.00000341. The van der Waals surface area contributed by atoms with Crippen LogP contribution < -0.4 is 0 Å². The lowest BCUT2D eigenvalue weighted by molar-refractivity contribution is -0.385. The molecule has 0 spiro atoms. The van der Waals surface area contributed by atoms with E-state index >= 15 is 0 Å². The van der Waals surface area contributed by atoms with Crippen molar-refractivity contribution in [2.75, 3.05) is 19.6 Å². The van der Waals surface area contributed by atoms with Crippen LogP contribution in [0.2, 0.25) is 0 Å². The van der Waals surface area contributed by atoms with Crippen LogP contribution in [0.5, 0.6) is 0 Å². The van der Waals surface area contributed by atoms with Crippen molar-refractivity contribution in [3.8, 4) is 0 Å². The Bertz CT molecular complexity index is 949. The Morgan fingerprint density at radius 2 is 1.84 bits per heavy atom. The average molecular weight is 461 g/mol. The molecule has 1 aliphatic heterocycles. The Morgan fingerprint density at radius 1 is 1.16 bits per heavy atom. The summed E-state index contributed by atoms with van der Waals surface area (Å²) in [5.41, 5.74) is -0.556. The van der Waals surface area contributed by atoms with Crippen LogP contribution in [0.1, 0.15) is 35.6 Å². The lowest BCUT2D eigenvalue weighted by Crippen LogP contribution is -2.30. The zero-order valence-electron chi connectivity index (χ0n) is 16.3. The van der Waals surface area contributed by atoms with Gasteiger partial charge in [0, 0.05) is 31.8 Å². The molecule has 0 saturated carbocycles. The van der Waals surface area contributed by atoms with Gasteiger partial charge in [-0.25, -0.2) is 4.39 Å². The predicted octanol–water partition coefficient (Wildman–Crippen LogP) is 5.39. The summed E-state index contributed by atoms with van der Waals surface area (Å²) in [4.78, 5) is 12.0. The molecular formula is C21H21ClF4N2O3. The molecule has 2 aromatic rings. The van der Waals surface area contributed by atoms with Gasteiger partial charge in [0.15, 0.2) is 0 Å². The lowest BCUT2D eigenvalue weighted by Gasteiger charge is -2.28. The first-order chi connectivity index (χ1) is 14.1. The largest absolute Gasteiger partial charge is 0.417 e. The lowest BCUT2D eigenvalue weighted by atomic mass is 9.94. The minimum absolute atomic E-state index is 0. The second kappa shape index (κ2) is 10.2. The predicted molar refractivity (Wildman–Crippen MR) is 110 cm³/mol. The summed E-state index contributed by atoms with van der Waals surface area (Å²) in [6, 6.07) is 8.38. The van der Waals surface area contributed by atoms with E-state index in [9.17, 15) is 32.8 Å². The molecule has 3 rings (SSSR count). The van der Waals surface area contributed by atoms with E-state index in [0.717, 1.165) is 12.1 Å². The van der Waals surface area contributed by atoms with Crippen LogP contribution in [-0.2, 0) is 6.18 Å². The van der Waals surface area contributed by atoms with Crippen LogP contribution >= 0.6 is 12.4 Å². The van der Waals surface area contributed by atoms with Crippen LogP contribution in [0.4, 0.5) is 23.2 Å². The van der Waals surface area contributed by atoms with Crippen molar-refractivity contribution in [2.45, 2.75) is 25.1 Å². The molecule has 1 heterocycles. The Morgan fingerprint density at radius 3 is 2.39 bits per heavy atom. The van der Waals surface area contributed by atoms with Crippen LogP contribution in [-0.4, -0.2) is 34.6 Å². The van der Waals surface area contributed by atoms with Crippen molar-refractivity contribution >= 4 is 23.7 Å². The number of hydrogen-bond donors (Lipinski definition) is 1. The van der Waals surface area contributed by atoms with Gasteiger partial charge in [-0.15, -0.1) is 12.4 Å². The third-order valence-corrected chi connectivity index (χ3v) is 5.13. The zero-order valence-corrected chi connectivity index (χ0v) is 17.1. The van der Waals surface area contributed by atoms with Gasteiger partial charge in [-0.05, 0) is 47.7 Å². The van der Waals surface area contributed by atoms with Gasteiger partial charge in [0.05, 0.1) is 16.6 Å². The van der Waals surface area contributed by atoms with E-state index in [1.165, 1.54) is 24.3 Å². The number of nitro benzene ring substituents is 1. The van der Waals surface area contributed by atoms with Crippen LogP contribution in [0.25, 0.3) is 5.57 Å². The van der Waals surface area contributed by atoms with Gasteiger partial charge >= 0.3 is 6.18 Å². The maximum Gasteiger partial charge on any atom is 0.417 e. The maximum atomic E-state index is 13.4. The number of non-ortho nitro benzene ring substituents is 1. The minimum Gasteiger partial charge on any atom is -0.388 e. The molecule has 0 aromatic heterocycles. The van der Waals surface area contributed by atoms with Crippen molar-refractivity contribution in [2.24, 2.45) is 0 Å². The zero-order chi connectivity index (χ0) is 21.9. The number of aliphatic hydroxyl groups excluding tert-OH is 1. The maximum absolute atomic E-state index is 13.4. The third kappa shape index (κ3) is 6.25. The standard InChI is InChI=1S/C21H20F4N2O3.ClH/c22-16-3-1-15(2-4-16)20(28)9-12-26-10-7-14(8-11-26)18-6-5-17(27(29)30)13-19(18)21(23,24)25;/h1-7,13,20,28H,8-12H2;1H. The molecule has 1 atom stereocenters. The highest BCUT2D eigenvalue weighted by atomic mass is 35.5. The van der Waals surface area contributed by atoms with Gasteiger partial charge in [0.1, 0.15) is 5.82 Å². The number of alkyl halides is 3. The fourth-order valence-electron chi connectivity index (χ4n) is 3.48. The Kier molecular flexibility index (Phi) is 8.16. The van der Waals surface area contributed by atoms with E-state index in [2.05, 4.69) is 0 Å². The fourth-order valence-corrected chi connectivity index (χ4v) is 3.48. The van der Waals surface area contributed by atoms with Gasteiger partial charge < -0.3 is 5.11 Å². The normalized spacial score (nSPS) is 15.7. The van der Waals surface area contributed by atoms with Gasteiger partial charge in [-0.2, -0.15) is 13.2 Å². The van der Waals surface area contributed by atoms with E-state index in [0.29, 0.717) is 49.7 Å². The first-order valence-corrected chi connectivity index (χ1v) is 9.36. The topological polar surface area (TPSA) is 66.6 Å². The molecule has 1 aliphatic rings. The summed E-state index contributed by atoms with van der Waals surface area (Å²) in [6.45, 7) is 1.42. The number of nitrogens with zero attached hydrogens (tertiary/aromatic N) is 2. The summed E-state index contributed by atoms with van der Waals surface area (Å²) in [5, 5.41) is 21.1. The summed E-state index contributed by atoms with van der Waals surface area (Å²) in [6.07, 6.45) is -3.02. The van der Waals surface area contributed by atoms with Crippen molar-refractivity contribution in [1.29, 1.82) is 0 Å². The highest BCUT2D eigenvalue weighted by Crippen LogP contribution is 2.38. The Labute approximate surface area is 182 Å². The van der Waals surface area contributed by atoms with E-state index in [1.54, 1.807) is 6.08 Å². The number of aliphatic hydroxyl groups is 1. The van der Waals surface area contributed by atoms with Crippen molar-refractivity contribution in [3.05, 3.63) is 81.2 Å². The monoisotopic (exact) mass is 460 g/mol. The van der Waals surface area contributed by atoms with Gasteiger partial charge in [0.25, 0.3) is 5.69 Å². The molecule has 0 saturated heterocycles. The van der Waals surface area contributed by atoms with Crippen LogP contribution in [0, 0.1) is 15.9 Å². The molecular weight excluding hydrogens is 440 g/mol. The quantitative estimate of drug-likeness (QED) is 0.357. The second-order valence-corrected chi connectivity index (χ2v) is 7.12. The number of halogens is 5. The van der Waals surface area contributed by atoms with E-state index in [4.69, 9.17) is 0 Å². The van der Waals surface area contributed by atoms with E-state index in [-0.39, 0.29) is 23.8 Å². The summed E-state index contributed by atoms with van der Waals surface area (Å²) < 4.78 is 53.2. The van der Waals surface area contributed by atoms with Crippen LogP contribution in [0.15, 0.2) is 48.5 Å². The summed E-state index contributed by atoms with van der Waals surface area (Å²) in [7, 11) is 0. The van der Waals surface area contributed by atoms with Crippen LogP contribution in [0.3, 0.4) is 0 Å². The number of rotatable bonds is 6. The molecule has 0 radical (unpaired) electrons. The molecule has 2 aromatic carbocycles. The smallest absolute Gasteiger partial charge is 0.388 e. The molecule has 0 aliphatic carbocycles. The van der Waals surface area contributed by atoms with Crippen molar-refractivity contribution in [1.82, 2.24) is 4.90 Å². The summed E-state index contributed by atoms with van der Waals surface area (Å²) in [5.74, 6) is -0.385. The molecule has 1 unspecified atom stereocenters. The molecule has 168 valence electrons. The average Bonchev–Trinajstić information content (AvgIpc) is 2.72. The minimum atomic E-state index is -4.70. The molecule has 0 amide bonds. The molecule has 1 N–H and O–H groups in total. The summed E-state index contributed by atoms with van der Waals surface area (Å²) >= 11 is 0. The van der Waals surface area contributed by atoms with Gasteiger partial charge in [0.2, 0.25) is 0 Å².